The highest BCUT2D eigenvalue weighted by Crippen LogP contribution is 2.16. The quantitative estimate of drug-likeness (QED) is 0.503. The predicted octanol–water partition coefficient (Wildman–Crippen LogP) is 5.56. The lowest BCUT2D eigenvalue weighted by Crippen LogP contribution is -2.07. The second kappa shape index (κ2) is 9.78. The van der Waals surface area contributed by atoms with Gasteiger partial charge in [-0.1, -0.05) is 43.5 Å². The van der Waals surface area contributed by atoms with Gasteiger partial charge in [0, 0.05) is 16.8 Å². The summed E-state index contributed by atoms with van der Waals surface area (Å²) in [5.41, 5.74) is 1.62. The Morgan fingerprint density at radius 1 is 1.17 bits per heavy atom. The first-order valence-electron chi connectivity index (χ1n) is 8.15. The highest BCUT2D eigenvalue weighted by atomic mass is 35.5. The number of halogens is 1. The van der Waals surface area contributed by atoms with Crippen molar-refractivity contribution in [3.63, 3.8) is 0 Å². The molecule has 2 aromatic rings. The Balaban J connectivity index is 1.83. The van der Waals surface area contributed by atoms with Gasteiger partial charge in [0.2, 0.25) is 5.91 Å². The number of nitrogens with one attached hydrogen (secondary N) is 1. The number of benzene rings is 2. The third kappa shape index (κ3) is 6.47. The number of carbonyl (C=O) groups excluding carboxylic acids is 1. The number of amides is 1. The van der Waals surface area contributed by atoms with Crippen molar-refractivity contribution in [2.24, 2.45) is 0 Å². The van der Waals surface area contributed by atoms with E-state index in [1.165, 1.54) is 18.9 Å². The summed E-state index contributed by atoms with van der Waals surface area (Å²) in [6.45, 7) is 2.89. The minimum Gasteiger partial charge on any atom is -0.494 e. The summed E-state index contributed by atoms with van der Waals surface area (Å²) in [6.07, 6.45) is 6.63. The van der Waals surface area contributed by atoms with Gasteiger partial charge in [-0.3, -0.25) is 4.79 Å². The van der Waals surface area contributed by atoms with E-state index in [1.807, 2.05) is 36.4 Å². The SMILES string of the molecule is CCCCCOc1ccc(NC(=O)/C=C/c2cccc(Cl)c2)cc1. The van der Waals surface area contributed by atoms with Crippen molar-refractivity contribution in [3.05, 3.63) is 65.2 Å². The Bertz CT molecular complexity index is 680. The van der Waals surface area contributed by atoms with Crippen LogP contribution < -0.4 is 10.1 Å². The van der Waals surface area contributed by atoms with E-state index in [4.69, 9.17) is 16.3 Å². The van der Waals surface area contributed by atoms with Crippen molar-refractivity contribution in [2.45, 2.75) is 26.2 Å². The molecule has 4 heteroatoms. The standard InChI is InChI=1S/C20H22ClNO2/c1-2-3-4-14-24-19-11-9-18(10-12-19)22-20(23)13-8-16-6-5-7-17(21)15-16/h5-13,15H,2-4,14H2,1H3,(H,22,23)/b13-8+. The first-order chi connectivity index (χ1) is 11.7. The van der Waals surface area contributed by atoms with E-state index in [0.717, 1.165) is 30.0 Å². The molecule has 0 saturated carbocycles. The largest absolute Gasteiger partial charge is 0.494 e. The minimum atomic E-state index is -0.188. The second-order valence-corrected chi connectivity index (χ2v) is 5.89. The Kier molecular flexibility index (Phi) is 7.37. The van der Waals surface area contributed by atoms with Crippen molar-refractivity contribution in [1.29, 1.82) is 0 Å². The third-order valence-corrected chi connectivity index (χ3v) is 3.65. The van der Waals surface area contributed by atoms with Gasteiger partial charge in [-0.2, -0.15) is 0 Å². The number of ether oxygens (including phenoxy) is 1. The molecule has 3 nitrogen and oxygen atoms in total. The van der Waals surface area contributed by atoms with E-state index < -0.39 is 0 Å². The maximum Gasteiger partial charge on any atom is 0.248 e. The van der Waals surface area contributed by atoms with E-state index in [1.54, 1.807) is 18.2 Å². The molecule has 1 amide bonds. The van der Waals surface area contributed by atoms with Gasteiger partial charge in [0.05, 0.1) is 6.61 Å². The van der Waals surface area contributed by atoms with E-state index in [2.05, 4.69) is 12.2 Å². The fourth-order valence-corrected chi connectivity index (χ4v) is 2.34. The van der Waals surface area contributed by atoms with Gasteiger partial charge in [-0.05, 0) is 54.5 Å². The number of hydrogen-bond donors (Lipinski definition) is 1. The first-order valence-corrected chi connectivity index (χ1v) is 8.52. The van der Waals surface area contributed by atoms with Gasteiger partial charge >= 0.3 is 0 Å². The van der Waals surface area contributed by atoms with Crippen LogP contribution in [0.25, 0.3) is 6.08 Å². The molecule has 0 spiro atoms. The molecule has 126 valence electrons. The van der Waals surface area contributed by atoms with E-state index in [9.17, 15) is 4.79 Å². The molecule has 0 unspecified atom stereocenters. The van der Waals surface area contributed by atoms with Gasteiger partial charge in [0.1, 0.15) is 5.75 Å². The fourth-order valence-electron chi connectivity index (χ4n) is 2.14. The summed E-state index contributed by atoms with van der Waals surface area (Å²) in [6, 6.07) is 14.7. The van der Waals surface area contributed by atoms with Gasteiger partial charge in [0.25, 0.3) is 0 Å². The monoisotopic (exact) mass is 343 g/mol. The molecule has 0 radical (unpaired) electrons. The Hall–Kier alpha value is -2.26. The first kappa shape index (κ1) is 18.1. The molecule has 24 heavy (non-hydrogen) atoms. The van der Waals surface area contributed by atoms with Crippen molar-refractivity contribution in [2.75, 3.05) is 11.9 Å². The molecule has 1 N–H and O–H groups in total. The molecular formula is C20H22ClNO2. The number of hydrogen-bond acceptors (Lipinski definition) is 2. The highest BCUT2D eigenvalue weighted by molar-refractivity contribution is 6.30. The van der Waals surface area contributed by atoms with Crippen molar-refractivity contribution in [1.82, 2.24) is 0 Å². The van der Waals surface area contributed by atoms with Crippen LogP contribution in [-0.4, -0.2) is 12.5 Å². The van der Waals surface area contributed by atoms with Gasteiger partial charge in [-0.15, -0.1) is 0 Å². The molecular weight excluding hydrogens is 322 g/mol. The molecule has 2 rings (SSSR count). The van der Waals surface area contributed by atoms with Crippen LogP contribution in [0.5, 0.6) is 5.75 Å². The molecule has 0 heterocycles. The zero-order chi connectivity index (χ0) is 17.2. The van der Waals surface area contributed by atoms with Crippen LogP contribution in [0.3, 0.4) is 0 Å². The highest BCUT2D eigenvalue weighted by Gasteiger charge is 1.99. The molecule has 0 bridgehead atoms. The molecule has 0 aliphatic rings. The molecule has 0 aromatic heterocycles. The maximum absolute atomic E-state index is 11.9. The summed E-state index contributed by atoms with van der Waals surface area (Å²) < 4.78 is 5.65. The number of rotatable bonds is 8. The van der Waals surface area contributed by atoms with Crippen LogP contribution in [-0.2, 0) is 4.79 Å². The molecule has 0 atom stereocenters. The van der Waals surface area contributed by atoms with Crippen LogP contribution in [0, 0.1) is 0 Å². The Morgan fingerprint density at radius 3 is 2.67 bits per heavy atom. The zero-order valence-corrected chi connectivity index (χ0v) is 14.6. The maximum atomic E-state index is 11.9. The summed E-state index contributed by atoms with van der Waals surface area (Å²) in [4.78, 5) is 11.9. The van der Waals surface area contributed by atoms with Crippen LogP contribution in [0.15, 0.2) is 54.6 Å². The fraction of sp³-hybridized carbons (Fsp3) is 0.250. The topological polar surface area (TPSA) is 38.3 Å². The summed E-state index contributed by atoms with van der Waals surface area (Å²) in [5, 5.41) is 3.46. The van der Waals surface area contributed by atoms with E-state index in [-0.39, 0.29) is 5.91 Å². The minimum absolute atomic E-state index is 0.188. The van der Waals surface area contributed by atoms with Crippen LogP contribution in [0.4, 0.5) is 5.69 Å². The Labute approximate surface area is 148 Å². The lowest BCUT2D eigenvalue weighted by molar-refractivity contribution is -0.111. The van der Waals surface area contributed by atoms with Crippen molar-refractivity contribution in [3.8, 4) is 5.75 Å². The normalized spacial score (nSPS) is 10.8. The second-order valence-electron chi connectivity index (χ2n) is 5.46. The molecule has 0 fully saturated rings. The van der Waals surface area contributed by atoms with Crippen LogP contribution in [0.2, 0.25) is 5.02 Å². The molecule has 0 aliphatic heterocycles. The average Bonchev–Trinajstić information content (AvgIpc) is 2.58. The average molecular weight is 344 g/mol. The summed E-state index contributed by atoms with van der Waals surface area (Å²) >= 11 is 5.91. The zero-order valence-electron chi connectivity index (χ0n) is 13.8. The molecule has 0 saturated heterocycles. The summed E-state index contributed by atoms with van der Waals surface area (Å²) in [5.74, 6) is 0.630. The smallest absolute Gasteiger partial charge is 0.248 e. The number of carbonyl (C=O) groups is 1. The van der Waals surface area contributed by atoms with Crippen LogP contribution >= 0.6 is 11.6 Å². The van der Waals surface area contributed by atoms with Gasteiger partial charge in [-0.25, -0.2) is 0 Å². The molecule has 0 aliphatic carbocycles. The lowest BCUT2D eigenvalue weighted by atomic mass is 10.2. The van der Waals surface area contributed by atoms with E-state index >= 15 is 0 Å². The van der Waals surface area contributed by atoms with Gasteiger partial charge in [0.15, 0.2) is 0 Å². The predicted molar refractivity (Wildman–Crippen MR) is 101 cm³/mol. The third-order valence-electron chi connectivity index (χ3n) is 3.41. The number of anilines is 1. The van der Waals surface area contributed by atoms with Crippen molar-refractivity contribution < 1.29 is 9.53 Å². The summed E-state index contributed by atoms with van der Waals surface area (Å²) in [7, 11) is 0. The number of unbranched alkanes of at least 4 members (excludes halogenated alkanes) is 2. The van der Waals surface area contributed by atoms with Crippen molar-refractivity contribution >= 4 is 29.3 Å². The Morgan fingerprint density at radius 2 is 1.96 bits per heavy atom. The van der Waals surface area contributed by atoms with E-state index in [0.29, 0.717) is 5.02 Å². The molecule has 2 aromatic carbocycles. The van der Waals surface area contributed by atoms with Gasteiger partial charge < -0.3 is 10.1 Å². The lowest BCUT2D eigenvalue weighted by Gasteiger charge is -2.07. The van der Waals surface area contributed by atoms with Crippen LogP contribution in [0.1, 0.15) is 31.7 Å².